The largest absolute Gasteiger partial charge is 0.370 e. The highest BCUT2D eigenvalue weighted by Crippen LogP contribution is 2.46. The highest BCUT2D eigenvalue weighted by Gasteiger charge is 2.48. The predicted octanol–water partition coefficient (Wildman–Crippen LogP) is 1.49. The number of rotatable bonds is 7. The number of imide groups is 1. The molecule has 4 amide bonds. The smallest absolute Gasteiger partial charge is 0.325 e. The van der Waals surface area contributed by atoms with Gasteiger partial charge in [-0.25, -0.2) is 9.69 Å². The molecule has 1 spiro atoms. The van der Waals surface area contributed by atoms with Gasteiger partial charge < -0.3 is 21.7 Å². The fourth-order valence-electron chi connectivity index (χ4n) is 5.83. The topological polar surface area (TPSA) is 134 Å². The Kier molecular flexibility index (Phi) is 6.81. The maximum atomic E-state index is 13.6. The third-order valence-corrected chi connectivity index (χ3v) is 7.65. The summed E-state index contributed by atoms with van der Waals surface area (Å²) in [4.78, 5) is 46.4. The van der Waals surface area contributed by atoms with E-state index in [1.165, 1.54) is 11.1 Å². The monoisotopic (exact) mass is 468 g/mol. The van der Waals surface area contributed by atoms with Gasteiger partial charge in [0.05, 0.1) is 0 Å². The number of amides is 4. The van der Waals surface area contributed by atoms with Gasteiger partial charge in [0.15, 0.2) is 5.96 Å². The van der Waals surface area contributed by atoms with Crippen molar-refractivity contribution in [1.82, 2.24) is 15.1 Å². The van der Waals surface area contributed by atoms with Crippen molar-refractivity contribution in [3.05, 3.63) is 35.4 Å². The number of nitrogens with one attached hydrogen (secondary N) is 1. The zero-order valence-electron chi connectivity index (χ0n) is 20.1. The summed E-state index contributed by atoms with van der Waals surface area (Å²) in [6.45, 7) is 5.43. The number of benzene rings is 1. The number of nitrogens with two attached hydrogens (primary N) is 2. The summed E-state index contributed by atoms with van der Waals surface area (Å²) in [5.41, 5.74) is 13.7. The van der Waals surface area contributed by atoms with Gasteiger partial charge in [-0.3, -0.25) is 14.6 Å². The molecule has 1 aromatic rings. The van der Waals surface area contributed by atoms with Crippen molar-refractivity contribution in [2.45, 2.75) is 69.9 Å². The van der Waals surface area contributed by atoms with E-state index in [1.807, 2.05) is 18.7 Å². The fourth-order valence-corrected chi connectivity index (χ4v) is 5.83. The highest BCUT2D eigenvalue weighted by atomic mass is 16.2. The SMILES string of the molecule is CC(C)[C@H](C(=O)N1CCC2(CCc3ccccc32)CC1)N1C(=O)N[C@H](CCCN=C(N)N)C1=O. The molecular formula is C25H36N6O3. The molecule has 2 saturated heterocycles. The van der Waals surface area contributed by atoms with Crippen LogP contribution in [0.2, 0.25) is 0 Å². The lowest BCUT2D eigenvalue weighted by atomic mass is 9.73. The Hall–Kier alpha value is -3.10. The van der Waals surface area contributed by atoms with Crippen LogP contribution in [0.4, 0.5) is 4.79 Å². The average Bonchev–Trinajstić information content (AvgIpc) is 3.29. The van der Waals surface area contributed by atoms with E-state index in [2.05, 4.69) is 34.6 Å². The number of fused-ring (bicyclic) bond motifs is 2. The van der Waals surface area contributed by atoms with Crippen LogP contribution < -0.4 is 16.8 Å². The van der Waals surface area contributed by atoms with Gasteiger partial charge >= 0.3 is 6.03 Å². The summed E-state index contributed by atoms with van der Waals surface area (Å²) in [6.07, 6.45) is 5.01. The van der Waals surface area contributed by atoms with E-state index < -0.39 is 18.1 Å². The van der Waals surface area contributed by atoms with E-state index in [0.717, 1.165) is 30.6 Å². The Labute approximate surface area is 200 Å². The maximum absolute atomic E-state index is 13.6. The molecule has 0 bridgehead atoms. The number of aryl methyl sites for hydroxylation is 1. The van der Waals surface area contributed by atoms with Crippen molar-refractivity contribution < 1.29 is 14.4 Å². The van der Waals surface area contributed by atoms with E-state index in [9.17, 15) is 14.4 Å². The Morgan fingerprint density at radius 2 is 1.88 bits per heavy atom. The Morgan fingerprint density at radius 1 is 1.18 bits per heavy atom. The second kappa shape index (κ2) is 9.64. The number of guanidine groups is 1. The number of hydrogen-bond donors (Lipinski definition) is 3. The maximum Gasteiger partial charge on any atom is 0.325 e. The van der Waals surface area contributed by atoms with Crippen LogP contribution in [0.3, 0.4) is 0 Å². The Balaban J connectivity index is 1.42. The van der Waals surface area contributed by atoms with Crippen LogP contribution in [0.5, 0.6) is 0 Å². The summed E-state index contributed by atoms with van der Waals surface area (Å²) in [7, 11) is 0. The molecule has 0 unspecified atom stereocenters. The first kappa shape index (κ1) is 24.0. The average molecular weight is 469 g/mol. The predicted molar refractivity (Wildman–Crippen MR) is 130 cm³/mol. The molecular weight excluding hydrogens is 432 g/mol. The molecule has 0 aromatic heterocycles. The summed E-state index contributed by atoms with van der Waals surface area (Å²) < 4.78 is 0. The number of likely N-dealkylation sites (tertiary alicyclic amines) is 1. The van der Waals surface area contributed by atoms with Crippen molar-refractivity contribution >= 4 is 23.8 Å². The Morgan fingerprint density at radius 3 is 2.56 bits per heavy atom. The molecule has 5 N–H and O–H groups in total. The lowest BCUT2D eigenvalue weighted by molar-refractivity contribution is -0.145. The van der Waals surface area contributed by atoms with Gasteiger partial charge in [0.25, 0.3) is 5.91 Å². The molecule has 0 radical (unpaired) electrons. The number of hydrogen-bond acceptors (Lipinski definition) is 4. The van der Waals surface area contributed by atoms with E-state index in [0.29, 0.717) is 32.5 Å². The summed E-state index contributed by atoms with van der Waals surface area (Å²) in [5.74, 6) is -0.676. The van der Waals surface area contributed by atoms with Crippen LogP contribution in [-0.4, -0.2) is 65.3 Å². The molecule has 1 aromatic carbocycles. The van der Waals surface area contributed by atoms with Crippen LogP contribution in [0, 0.1) is 5.92 Å². The molecule has 2 aliphatic heterocycles. The molecule has 2 fully saturated rings. The van der Waals surface area contributed by atoms with Crippen LogP contribution >= 0.6 is 0 Å². The zero-order chi connectivity index (χ0) is 24.5. The van der Waals surface area contributed by atoms with Gasteiger partial charge in [0, 0.05) is 19.6 Å². The van der Waals surface area contributed by atoms with Crippen molar-refractivity contribution in [2.24, 2.45) is 22.4 Å². The van der Waals surface area contributed by atoms with Gasteiger partial charge in [-0.15, -0.1) is 0 Å². The summed E-state index contributed by atoms with van der Waals surface area (Å²) >= 11 is 0. The minimum Gasteiger partial charge on any atom is -0.370 e. The van der Waals surface area contributed by atoms with Crippen LogP contribution in [0.15, 0.2) is 29.3 Å². The first-order chi connectivity index (χ1) is 16.2. The number of carbonyl (C=O) groups excluding carboxylic acids is 3. The number of urea groups is 1. The van der Waals surface area contributed by atoms with E-state index in [-0.39, 0.29) is 29.1 Å². The standard InChI is InChI=1S/C25H36N6O3/c1-16(2)20(31-21(32)19(29-24(31)34)8-5-13-28-23(26)27)22(33)30-14-11-25(12-15-30)10-9-17-6-3-4-7-18(17)25/h3-4,6-7,16,19-20H,5,8-15H2,1-2H3,(H,29,34)(H4,26,27,28)/t19-,20-/m1/s1. The first-order valence-electron chi connectivity index (χ1n) is 12.3. The molecule has 3 aliphatic rings. The number of nitrogens with zero attached hydrogens (tertiary/aromatic N) is 3. The molecule has 0 saturated carbocycles. The first-order valence-corrected chi connectivity index (χ1v) is 12.3. The number of aliphatic imine (C=N–C) groups is 1. The quantitative estimate of drug-likeness (QED) is 0.241. The molecule has 4 rings (SSSR count). The van der Waals surface area contributed by atoms with Crippen LogP contribution in [0.1, 0.15) is 57.1 Å². The van der Waals surface area contributed by atoms with Gasteiger partial charge in [-0.05, 0) is 61.0 Å². The van der Waals surface area contributed by atoms with Gasteiger partial charge in [-0.2, -0.15) is 0 Å². The third-order valence-electron chi connectivity index (χ3n) is 7.65. The lowest BCUT2D eigenvalue weighted by Crippen LogP contribution is -2.56. The molecule has 9 heteroatoms. The van der Waals surface area contributed by atoms with Crippen molar-refractivity contribution in [1.29, 1.82) is 0 Å². The fraction of sp³-hybridized carbons (Fsp3) is 0.600. The minimum atomic E-state index is -0.805. The molecule has 34 heavy (non-hydrogen) atoms. The molecule has 9 nitrogen and oxygen atoms in total. The second-order valence-electron chi connectivity index (χ2n) is 10.1. The lowest BCUT2D eigenvalue weighted by Gasteiger charge is -2.42. The van der Waals surface area contributed by atoms with Gasteiger partial charge in [-0.1, -0.05) is 38.1 Å². The summed E-state index contributed by atoms with van der Waals surface area (Å²) in [5, 5.41) is 2.74. The highest BCUT2D eigenvalue weighted by molar-refractivity contribution is 6.07. The minimum absolute atomic E-state index is 0.00159. The number of carbonyl (C=O) groups is 3. The molecule has 2 heterocycles. The molecule has 2 atom stereocenters. The summed E-state index contributed by atoms with van der Waals surface area (Å²) in [6, 6.07) is 6.68. The van der Waals surface area contributed by atoms with Crippen molar-refractivity contribution in [3.63, 3.8) is 0 Å². The van der Waals surface area contributed by atoms with E-state index in [4.69, 9.17) is 11.5 Å². The van der Waals surface area contributed by atoms with E-state index >= 15 is 0 Å². The van der Waals surface area contributed by atoms with Crippen LogP contribution in [0.25, 0.3) is 0 Å². The van der Waals surface area contributed by atoms with Gasteiger partial charge in [0.1, 0.15) is 12.1 Å². The third kappa shape index (κ3) is 4.48. The van der Waals surface area contributed by atoms with Gasteiger partial charge in [0.2, 0.25) is 5.91 Å². The van der Waals surface area contributed by atoms with Crippen molar-refractivity contribution in [3.8, 4) is 0 Å². The molecule has 1 aliphatic carbocycles. The zero-order valence-corrected chi connectivity index (χ0v) is 20.1. The second-order valence-corrected chi connectivity index (χ2v) is 10.1. The van der Waals surface area contributed by atoms with E-state index in [1.54, 1.807) is 0 Å². The number of piperidine rings is 1. The van der Waals surface area contributed by atoms with Crippen LogP contribution in [-0.2, 0) is 21.4 Å². The normalized spacial score (nSPS) is 22.1. The van der Waals surface area contributed by atoms with Crippen molar-refractivity contribution in [2.75, 3.05) is 19.6 Å². The molecule has 184 valence electrons. The Bertz CT molecular complexity index is 979.